The molecule has 206 valence electrons. The third kappa shape index (κ3) is 6.11. The minimum atomic E-state index is 0.748. The van der Waals surface area contributed by atoms with E-state index < -0.39 is 0 Å². The first-order chi connectivity index (χ1) is 19.2. The summed E-state index contributed by atoms with van der Waals surface area (Å²) in [7, 11) is 3.35. The van der Waals surface area contributed by atoms with Crippen molar-refractivity contribution in [1.82, 2.24) is 35.3 Å². The van der Waals surface area contributed by atoms with E-state index in [1.54, 1.807) is 14.2 Å². The van der Waals surface area contributed by atoms with Crippen LogP contribution in [0.2, 0.25) is 0 Å². The molecule has 39 heavy (non-hydrogen) atoms. The Morgan fingerprint density at radius 2 is 1.64 bits per heavy atom. The standard InChI is InChI=1S/C30H39N7O2/c1-38-25-15-21(16-26(19-25)39-2)3-5-23-18-29(35-34-23)30-32-27-6-4-22(17-28(27)33-30)20-36-11-7-24(8-12-36)37-13-9-31-10-14-37/h4,6,15-19,24,31H,3,5,7-14,20H2,1-2H3,(H,32,33)(H,34,35). The van der Waals surface area contributed by atoms with Crippen molar-refractivity contribution >= 4 is 11.0 Å². The third-order valence-corrected chi connectivity index (χ3v) is 8.15. The number of imidazole rings is 1. The number of benzene rings is 2. The van der Waals surface area contributed by atoms with Gasteiger partial charge in [0.05, 0.1) is 25.3 Å². The third-order valence-electron chi connectivity index (χ3n) is 8.15. The number of aromatic amines is 2. The summed E-state index contributed by atoms with van der Waals surface area (Å²) < 4.78 is 10.8. The van der Waals surface area contributed by atoms with Crippen LogP contribution >= 0.6 is 0 Å². The van der Waals surface area contributed by atoms with E-state index in [-0.39, 0.29) is 0 Å². The van der Waals surface area contributed by atoms with Crippen LogP contribution in [0.1, 0.15) is 29.7 Å². The summed E-state index contributed by atoms with van der Waals surface area (Å²) in [6, 6.07) is 15.4. The van der Waals surface area contributed by atoms with Crippen LogP contribution in [0.25, 0.3) is 22.6 Å². The number of ether oxygens (including phenoxy) is 2. The topological polar surface area (TPSA) is 94.3 Å². The highest BCUT2D eigenvalue weighted by atomic mass is 16.5. The number of fused-ring (bicyclic) bond motifs is 1. The number of H-pyrrole nitrogens is 2. The maximum atomic E-state index is 5.40. The highest BCUT2D eigenvalue weighted by molar-refractivity contribution is 5.79. The van der Waals surface area contributed by atoms with E-state index in [0.29, 0.717) is 0 Å². The average Bonchev–Trinajstić information content (AvgIpc) is 3.64. The van der Waals surface area contributed by atoms with Crippen molar-refractivity contribution in [2.75, 3.05) is 53.5 Å². The van der Waals surface area contributed by atoms with Gasteiger partial charge in [0.2, 0.25) is 0 Å². The zero-order valence-corrected chi connectivity index (χ0v) is 23.0. The number of aryl methyl sites for hydroxylation is 2. The van der Waals surface area contributed by atoms with E-state index in [2.05, 4.69) is 54.6 Å². The smallest absolute Gasteiger partial charge is 0.159 e. The number of methoxy groups -OCH3 is 2. The van der Waals surface area contributed by atoms with E-state index in [4.69, 9.17) is 14.5 Å². The lowest BCUT2D eigenvalue weighted by molar-refractivity contribution is 0.0948. The number of hydrogen-bond donors (Lipinski definition) is 3. The lowest BCUT2D eigenvalue weighted by Gasteiger charge is -2.40. The molecule has 0 unspecified atom stereocenters. The number of nitrogens with zero attached hydrogens (tertiary/aromatic N) is 4. The van der Waals surface area contributed by atoms with Gasteiger partial charge in [-0.1, -0.05) is 6.07 Å². The molecule has 3 N–H and O–H groups in total. The van der Waals surface area contributed by atoms with Crippen LogP contribution in [0, 0.1) is 0 Å². The fourth-order valence-electron chi connectivity index (χ4n) is 5.93. The zero-order chi connectivity index (χ0) is 26.6. The molecule has 4 aromatic rings. The van der Waals surface area contributed by atoms with Gasteiger partial charge >= 0.3 is 0 Å². The molecule has 2 aromatic heterocycles. The Labute approximate surface area is 229 Å². The van der Waals surface area contributed by atoms with Crippen LogP contribution in [-0.2, 0) is 19.4 Å². The highest BCUT2D eigenvalue weighted by Gasteiger charge is 2.25. The predicted octanol–water partition coefficient (Wildman–Crippen LogP) is 3.63. The highest BCUT2D eigenvalue weighted by Crippen LogP contribution is 2.25. The molecule has 0 atom stereocenters. The number of rotatable bonds is 9. The van der Waals surface area contributed by atoms with Gasteiger partial charge in [-0.05, 0) is 80.2 Å². The Kier molecular flexibility index (Phi) is 7.81. The first kappa shape index (κ1) is 25.9. The second-order valence-electron chi connectivity index (χ2n) is 10.7. The molecular formula is C30H39N7O2. The van der Waals surface area contributed by atoms with Crippen LogP contribution in [-0.4, -0.2) is 89.5 Å². The molecule has 4 heterocycles. The Balaban J connectivity index is 1.07. The van der Waals surface area contributed by atoms with Gasteiger partial charge in [0, 0.05) is 50.5 Å². The van der Waals surface area contributed by atoms with Gasteiger partial charge in [0.15, 0.2) is 5.82 Å². The maximum Gasteiger partial charge on any atom is 0.159 e. The number of likely N-dealkylation sites (tertiary alicyclic amines) is 1. The van der Waals surface area contributed by atoms with Crippen molar-refractivity contribution < 1.29 is 9.47 Å². The number of piperazine rings is 1. The van der Waals surface area contributed by atoms with E-state index in [1.165, 1.54) is 44.6 Å². The fourth-order valence-corrected chi connectivity index (χ4v) is 5.93. The SMILES string of the molecule is COc1cc(CCc2cc(-c3nc4ccc(CN5CCC(N6CCNCC6)CC5)cc4[nH]3)n[nH]2)cc(OC)c1. The Bertz CT molecular complexity index is 1360. The first-order valence-electron chi connectivity index (χ1n) is 14.1. The minimum absolute atomic E-state index is 0.748. The summed E-state index contributed by atoms with van der Waals surface area (Å²) in [6.07, 6.45) is 4.22. The quantitative estimate of drug-likeness (QED) is 0.305. The molecule has 0 spiro atoms. The molecule has 0 saturated carbocycles. The normalized spacial score (nSPS) is 17.6. The Morgan fingerprint density at radius 3 is 2.38 bits per heavy atom. The summed E-state index contributed by atoms with van der Waals surface area (Å²) >= 11 is 0. The molecule has 0 aliphatic carbocycles. The molecule has 0 amide bonds. The number of hydrogen-bond acceptors (Lipinski definition) is 7. The van der Waals surface area contributed by atoms with Crippen molar-refractivity contribution in [2.45, 2.75) is 38.3 Å². The summed E-state index contributed by atoms with van der Waals surface area (Å²) in [6.45, 7) is 7.96. The molecule has 2 aliphatic rings. The number of piperidine rings is 1. The van der Waals surface area contributed by atoms with E-state index >= 15 is 0 Å². The fraction of sp³-hybridized carbons (Fsp3) is 0.467. The second kappa shape index (κ2) is 11.8. The van der Waals surface area contributed by atoms with Crippen LogP contribution in [0.5, 0.6) is 11.5 Å². The van der Waals surface area contributed by atoms with Gasteiger partial charge in [-0.15, -0.1) is 0 Å². The lowest BCUT2D eigenvalue weighted by atomic mass is 10.0. The molecule has 9 heteroatoms. The van der Waals surface area contributed by atoms with Gasteiger partial charge in [-0.2, -0.15) is 5.10 Å². The van der Waals surface area contributed by atoms with E-state index in [1.807, 2.05) is 18.2 Å². The number of nitrogens with one attached hydrogen (secondary N) is 3. The van der Waals surface area contributed by atoms with Crippen LogP contribution in [0.15, 0.2) is 42.5 Å². The summed E-state index contributed by atoms with van der Waals surface area (Å²) in [5.41, 5.74) is 6.42. The Hall–Kier alpha value is -3.40. The van der Waals surface area contributed by atoms with Crippen molar-refractivity contribution in [3.05, 3.63) is 59.3 Å². The molecular weight excluding hydrogens is 490 g/mol. The van der Waals surface area contributed by atoms with Crippen molar-refractivity contribution in [3.8, 4) is 23.0 Å². The predicted molar refractivity (Wildman–Crippen MR) is 153 cm³/mol. The second-order valence-corrected chi connectivity index (χ2v) is 10.7. The maximum absolute atomic E-state index is 5.40. The van der Waals surface area contributed by atoms with Gasteiger partial charge in [-0.3, -0.25) is 14.9 Å². The van der Waals surface area contributed by atoms with Gasteiger partial charge in [-0.25, -0.2) is 4.98 Å². The van der Waals surface area contributed by atoms with E-state index in [0.717, 1.165) is 83.8 Å². The molecule has 2 aliphatic heterocycles. The first-order valence-corrected chi connectivity index (χ1v) is 14.1. The van der Waals surface area contributed by atoms with Crippen molar-refractivity contribution in [1.29, 1.82) is 0 Å². The minimum Gasteiger partial charge on any atom is -0.497 e. The van der Waals surface area contributed by atoms with Gasteiger partial charge in [0.1, 0.15) is 17.2 Å². The monoisotopic (exact) mass is 529 g/mol. The summed E-state index contributed by atoms with van der Waals surface area (Å²) in [4.78, 5) is 13.6. The number of aromatic nitrogens is 4. The molecule has 2 fully saturated rings. The lowest BCUT2D eigenvalue weighted by Crippen LogP contribution is -2.51. The van der Waals surface area contributed by atoms with Crippen LogP contribution < -0.4 is 14.8 Å². The molecule has 0 radical (unpaired) electrons. The molecule has 9 nitrogen and oxygen atoms in total. The largest absolute Gasteiger partial charge is 0.497 e. The summed E-state index contributed by atoms with van der Waals surface area (Å²) in [5.74, 6) is 2.40. The van der Waals surface area contributed by atoms with Crippen LogP contribution in [0.4, 0.5) is 0 Å². The Morgan fingerprint density at radius 1 is 0.872 bits per heavy atom. The van der Waals surface area contributed by atoms with Gasteiger partial charge < -0.3 is 19.8 Å². The van der Waals surface area contributed by atoms with Crippen molar-refractivity contribution in [3.63, 3.8) is 0 Å². The van der Waals surface area contributed by atoms with Crippen LogP contribution in [0.3, 0.4) is 0 Å². The zero-order valence-electron chi connectivity index (χ0n) is 23.0. The van der Waals surface area contributed by atoms with Crippen molar-refractivity contribution in [2.24, 2.45) is 0 Å². The average molecular weight is 530 g/mol. The molecule has 6 rings (SSSR count). The molecule has 2 saturated heterocycles. The van der Waals surface area contributed by atoms with Gasteiger partial charge in [0.25, 0.3) is 0 Å². The van der Waals surface area contributed by atoms with E-state index in [9.17, 15) is 0 Å². The summed E-state index contributed by atoms with van der Waals surface area (Å²) in [5, 5.41) is 11.2. The molecule has 2 aromatic carbocycles. The molecule has 0 bridgehead atoms.